The van der Waals surface area contributed by atoms with E-state index in [9.17, 15) is 14.4 Å². The van der Waals surface area contributed by atoms with Crippen molar-refractivity contribution in [2.45, 2.75) is 63.8 Å². The van der Waals surface area contributed by atoms with Gasteiger partial charge in [-0.2, -0.15) is 0 Å². The number of nitrogens with one attached hydrogen (secondary N) is 1. The number of nitrogens with zero attached hydrogens (tertiary/aromatic N) is 1. The Morgan fingerprint density at radius 3 is 2.30 bits per heavy atom. The maximum absolute atomic E-state index is 13.6. The monoisotopic (exact) mass is 451 g/mol. The predicted octanol–water partition coefficient (Wildman–Crippen LogP) is 2.58. The van der Waals surface area contributed by atoms with E-state index in [2.05, 4.69) is 5.32 Å². The number of carbonyl (C=O) groups is 3. The van der Waals surface area contributed by atoms with Crippen LogP contribution in [0.4, 0.5) is 0 Å². The number of ether oxygens (including phenoxy) is 1. The van der Waals surface area contributed by atoms with E-state index in [-0.39, 0.29) is 18.4 Å². The lowest BCUT2D eigenvalue weighted by Gasteiger charge is -2.30. The zero-order chi connectivity index (χ0) is 23.8. The van der Waals surface area contributed by atoms with Crippen molar-refractivity contribution in [3.05, 3.63) is 71.8 Å². The van der Waals surface area contributed by atoms with E-state index in [0.29, 0.717) is 32.2 Å². The predicted molar refractivity (Wildman–Crippen MR) is 126 cm³/mol. The van der Waals surface area contributed by atoms with Crippen molar-refractivity contribution in [3.8, 4) is 0 Å². The Hall–Kier alpha value is -3.19. The second-order valence-corrected chi connectivity index (χ2v) is 8.77. The number of hydrogen-bond donors (Lipinski definition) is 2. The summed E-state index contributed by atoms with van der Waals surface area (Å²) in [4.78, 5) is 40.7. The van der Waals surface area contributed by atoms with Crippen molar-refractivity contribution in [3.63, 3.8) is 0 Å². The van der Waals surface area contributed by atoms with E-state index in [4.69, 9.17) is 10.5 Å². The zero-order valence-electron chi connectivity index (χ0n) is 19.3. The number of nitrogens with two attached hydrogens (primary N) is 1. The molecule has 176 valence electrons. The minimum Gasteiger partial charge on any atom is -0.459 e. The fourth-order valence-electron chi connectivity index (χ4n) is 3.83. The normalized spacial score (nSPS) is 18.3. The summed E-state index contributed by atoms with van der Waals surface area (Å²) in [7, 11) is 0. The van der Waals surface area contributed by atoms with E-state index in [1.54, 1.807) is 11.8 Å². The summed E-state index contributed by atoms with van der Waals surface area (Å²) in [5.41, 5.74) is 6.82. The van der Waals surface area contributed by atoms with Gasteiger partial charge in [0.15, 0.2) is 0 Å². The van der Waals surface area contributed by atoms with Crippen LogP contribution >= 0.6 is 0 Å². The second kappa shape index (κ2) is 11.1. The van der Waals surface area contributed by atoms with Crippen molar-refractivity contribution in [1.82, 2.24) is 10.2 Å². The number of esters is 1. The first kappa shape index (κ1) is 24.5. The summed E-state index contributed by atoms with van der Waals surface area (Å²) in [6.07, 6.45) is 1.98. The maximum atomic E-state index is 13.6. The maximum Gasteiger partial charge on any atom is 0.329 e. The fraction of sp³-hybridized carbons (Fsp3) is 0.423. The quantitative estimate of drug-likeness (QED) is 0.571. The molecular weight excluding hydrogens is 418 g/mol. The molecule has 1 saturated heterocycles. The highest BCUT2D eigenvalue weighted by atomic mass is 16.5. The molecule has 2 amide bonds. The van der Waals surface area contributed by atoms with Crippen LogP contribution in [0.3, 0.4) is 0 Å². The van der Waals surface area contributed by atoms with E-state index in [1.165, 1.54) is 0 Å². The molecule has 3 N–H and O–H groups in total. The molecule has 2 aromatic rings. The molecule has 2 aromatic carbocycles. The third-order valence-corrected chi connectivity index (χ3v) is 6.17. The van der Waals surface area contributed by atoms with Gasteiger partial charge in [-0.3, -0.25) is 9.59 Å². The molecule has 0 bridgehead atoms. The summed E-state index contributed by atoms with van der Waals surface area (Å²) in [6, 6.07) is 17.4. The van der Waals surface area contributed by atoms with Gasteiger partial charge in [0.1, 0.15) is 18.7 Å². The first-order valence-electron chi connectivity index (χ1n) is 11.5. The van der Waals surface area contributed by atoms with Gasteiger partial charge in [-0.15, -0.1) is 0 Å². The smallest absolute Gasteiger partial charge is 0.329 e. The van der Waals surface area contributed by atoms with Crippen molar-refractivity contribution < 1.29 is 19.1 Å². The highest BCUT2D eigenvalue weighted by Crippen LogP contribution is 2.21. The molecule has 3 atom stereocenters. The van der Waals surface area contributed by atoms with Crippen LogP contribution in [0.15, 0.2) is 60.7 Å². The molecule has 0 aromatic heterocycles. The molecule has 0 radical (unpaired) electrons. The van der Waals surface area contributed by atoms with E-state index in [1.807, 2.05) is 67.6 Å². The molecule has 7 nitrogen and oxygen atoms in total. The topological polar surface area (TPSA) is 102 Å². The zero-order valence-corrected chi connectivity index (χ0v) is 19.3. The van der Waals surface area contributed by atoms with Gasteiger partial charge in [0.05, 0.1) is 5.54 Å². The Morgan fingerprint density at radius 1 is 1.09 bits per heavy atom. The number of amides is 2. The third kappa shape index (κ3) is 6.42. The van der Waals surface area contributed by atoms with Gasteiger partial charge in [-0.25, -0.2) is 4.79 Å². The molecule has 1 aliphatic heterocycles. The van der Waals surface area contributed by atoms with Crippen molar-refractivity contribution >= 4 is 17.8 Å². The minimum atomic E-state index is -1.09. The van der Waals surface area contributed by atoms with Crippen LogP contribution in [-0.4, -0.2) is 46.9 Å². The van der Waals surface area contributed by atoms with Crippen molar-refractivity contribution in [1.29, 1.82) is 0 Å². The van der Waals surface area contributed by atoms with Gasteiger partial charge in [0, 0.05) is 13.0 Å². The molecule has 1 heterocycles. The standard InChI is InChI=1S/C26H33N3O4/c1-3-26(2,27)25(32)28-21(17-19-11-6-4-7-12-19)23(30)29-16-10-15-22(29)24(31)33-18-20-13-8-5-9-14-20/h4-9,11-14,21-22H,3,10,15-18,27H2,1-2H3,(H,28,32)/t21-,22+,26+/m0/s1. The van der Waals surface area contributed by atoms with Crippen LogP contribution in [0.25, 0.3) is 0 Å². The molecule has 0 spiro atoms. The summed E-state index contributed by atoms with van der Waals surface area (Å²) in [5.74, 6) is -1.10. The van der Waals surface area contributed by atoms with Gasteiger partial charge in [-0.1, -0.05) is 67.6 Å². The fourth-order valence-corrected chi connectivity index (χ4v) is 3.83. The third-order valence-electron chi connectivity index (χ3n) is 6.17. The Kier molecular flexibility index (Phi) is 8.22. The molecule has 0 aliphatic carbocycles. The lowest BCUT2D eigenvalue weighted by atomic mass is 9.97. The Balaban J connectivity index is 1.73. The van der Waals surface area contributed by atoms with E-state index >= 15 is 0 Å². The van der Waals surface area contributed by atoms with Crippen LogP contribution < -0.4 is 11.1 Å². The van der Waals surface area contributed by atoms with Crippen LogP contribution in [0.2, 0.25) is 0 Å². The summed E-state index contributed by atoms with van der Waals surface area (Å²) in [5, 5.41) is 2.84. The SMILES string of the molecule is CC[C@@](C)(N)C(=O)N[C@@H](Cc1ccccc1)C(=O)N1CCC[C@@H]1C(=O)OCc1ccccc1. The molecule has 0 unspecified atom stereocenters. The molecule has 1 aliphatic rings. The molecule has 33 heavy (non-hydrogen) atoms. The highest BCUT2D eigenvalue weighted by Gasteiger charge is 2.39. The minimum absolute atomic E-state index is 0.157. The Labute approximate surface area is 195 Å². The number of carbonyl (C=O) groups excluding carboxylic acids is 3. The summed E-state index contributed by atoms with van der Waals surface area (Å²) < 4.78 is 5.50. The molecule has 1 fully saturated rings. The Bertz CT molecular complexity index is 947. The lowest BCUT2D eigenvalue weighted by Crippen LogP contribution is -2.59. The van der Waals surface area contributed by atoms with Crippen molar-refractivity contribution in [2.75, 3.05) is 6.54 Å². The highest BCUT2D eigenvalue weighted by molar-refractivity contribution is 5.93. The van der Waals surface area contributed by atoms with Crippen LogP contribution in [0.5, 0.6) is 0 Å². The largest absolute Gasteiger partial charge is 0.459 e. The number of hydrogen-bond acceptors (Lipinski definition) is 5. The first-order valence-corrected chi connectivity index (χ1v) is 11.5. The summed E-state index contributed by atoms with van der Waals surface area (Å²) in [6.45, 7) is 4.07. The van der Waals surface area contributed by atoms with Gasteiger partial charge in [0.25, 0.3) is 0 Å². The van der Waals surface area contributed by atoms with Gasteiger partial charge in [0.2, 0.25) is 11.8 Å². The van der Waals surface area contributed by atoms with Gasteiger partial charge in [-0.05, 0) is 37.3 Å². The van der Waals surface area contributed by atoms with Gasteiger partial charge >= 0.3 is 5.97 Å². The molecule has 3 rings (SSSR count). The first-order chi connectivity index (χ1) is 15.8. The van der Waals surface area contributed by atoms with Gasteiger partial charge < -0.3 is 20.7 Å². The lowest BCUT2D eigenvalue weighted by molar-refractivity contribution is -0.155. The number of rotatable bonds is 9. The van der Waals surface area contributed by atoms with E-state index in [0.717, 1.165) is 11.1 Å². The average Bonchev–Trinajstić information content (AvgIpc) is 3.33. The van der Waals surface area contributed by atoms with Crippen molar-refractivity contribution in [2.24, 2.45) is 5.73 Å². The number of likely N-dealkylation sites (tertiary alicyclic amines) is 1. The van der Waals surface area contributed by atoms with Crippen LogP contribution in [0.1, 0.15) is 44.2 Å². The van der Waals surface area contributed by atoms with E-state index < -0.39 is 23.6 Å². The Morgan fingerprint density at radius 2 is 1.70 bits per heavy atom. The number of benzene rings is 2. The summed E-state index contributed by atoms with van der Waals surface area (Å²) >= 11 is 0. The second-order valence-electron chi connectivity index (χ2n) is 8.77. The average molecular weight is 452 g/mol. The van der Waals surface area contributed by atoms with Crippen LogP contribution in [-0.2, 0) is 32.1 Å². The van der Waals surface area contributed by atoms with Crippen LogP contribution in [0, 0.1) is 0 Å². The molecular formula is C26H33N3O4. The molecule has 7 heteroatoms. The molecule has 0 saturated carbocycles.